The molecular weight excluding hydrogens is 386 g/mol. The molecule has 0 saturated carbocycles. The Bertz CT molecular complexity index is 979. The van der Waals surface area contributed by atoms with Crippen LogP contribution in [0.2, 0.25) is 0 Å². The lowest BCUT2D eigenvalue weighted by Crippen LogP contribution is -2.64. The summed E-state index contributed by atoms with van der Waals surface area (Å²) < 4.78 is 10.4. The van der Waals surface area contributed by atoms with Crippen LogP contribution in [0.25, 0.3) is 11.1 Å². The maximum absolute atomic E-state index is 12.9. The minimum absolute atomic E-state index is 0.0463. The van der Waals surface area contributed by atoms with E-state index in [-0.39, 0.29) is 25.0 Å². The lowest BCUT2D eigenvalue weighted by Gasteiger charge is -2.42. The predicted molar refractivity (Wildman–Crippen MR) is 109 cm³/mol. The number of fused-ring (bicyclic) bond motifs is 1. The quantitative estimate of drug-likeness (QED) is 0.791. The van der Waals surface area contributed by atoms with Gasteiger partial charge in [-0.1, -0.05) is 18.2 Å². The highest BCUT2D eigenvalue weighted by atomic mass is 16.5. The van der Waals surface area contributed by atoms with Crippen molar-refractivity contribution in [3.8, 4) is 16.9 Å². The fraction of sp³-hybridized carbons (Fsp3) is 0.364. The Morgan fingerprint density at radius 1 is 0.933 bits per heavy atom. The van der Waals surface area contributed by atoms with Crippen LogP contribution in [0, 0.1) is 0 Å². The van der Waals surface area contributed by atoms with Gasteiger partial charge in [0.1, 0.15) is 5.75 Å². The summed E-state index contributed by atoms with van der Waals surface area (Å²) in [4.78, 5) is 28.6. The fourth-order valence-electron chi connectivity index (χ4n) is 3.98. The van der Waals surface area contributed by atoms with Crippen molar-refractivity contribution >= 4 is 17.5 Å². The number of aliphatic hydroxyl groups is 1. The van der Waals surface area contributed by atoms with E-state index in [0.717, 1.165) is 22.6 Å². The molecule has 0 aliphatic carbocycles. The number of ether oxygens (including phenoxy) is 2. The van der Waals surface area contributed by atoms with Gasteiger partial charge in [0.05, 0.1) is 18.9 Å². The summed E-state index contributed by atoms with van der Waals surface area (Å²) in [7, 11) is 0. The fourth-order valence-corrected chi connectivity index (χ4v) is 3.98. The Morgan fingerprint density at radius 3 is 2.27 bits per heavy atom. The lowest BCUT2D eigenvalue weighted by atomic mass is 10.00. The van der Waals surface area contributed by atoms with Crippen molar-refractivity contribution in [2.24, 2.45) is 0 Å². The summed E-state index contributed by atoms with van der Waals surface area (Å²) in [5.41, 5.74) is 2.27. The van der Waals surface area contributed by atoms with Crippen LogP contribution in [-0.2, 0) is 9.53 Å². The molecule has 2 fully saturated rings. The molecule has 0 atom stereocenters. The minimum atomic E-state index is -1.39. The predicted octanol–water partition coefficient (Wildman–Crippen LogP) is 1.16. The molecule has 8 nitrogen and oxygen atoms in total. The first kappa shape index (κ1) is 18.9. The van der Waals surface area contributed by atoms with Crippen molar-refractivity contribution in [2.45, 2.75) is 5.60 Å². The van der Waals surface area contributed by atoms with Crippen LogP contribution in [0.15, 0.2) is 42.5 Å². The van der Waals surface area contributed by atoms with Crippen molar-refractivity contribution in [1.82, 2.24) is 9.80 Å². The third-order valence-electron chi connectivity index (χ3n) is 5.87. The molecule has 30 heavy (non-hydrogen) atoms. The summed E-state index contributed by atoms with van der Waals surface area (Å²) in [6.07, 6.45) is 0. The van der Waals surface area contributed by atoms with Gasteiger partial charge in [-0.3, -0.25) is 9.59 Å². The number of nitrogens with one attached hydrogen (secondary N) is 1. The second-order valence-electron chi connectivity index (χ2n) is 7.86. The number of benzene rings is 2. The molecule has 0 unspecified atom stereocenters. The molecule has 0 spiro atoms. The molecule has 3 aliphatic rings. The zero-order valence-electron chi connectivity index (χ0n) is 16.5. The van der Waals surface area contributed by atoms with Crippen LogP contribution in [0.3, 0.4) is 0 Å². The number of hydrogen-bond donors (Lipinski definition) is 2. The van der Waals surface area contributed by atoms with E-state index in [0.29, 0.717) is 38.5 Å². The van der Waals surface area contributed by atoms with Gasteiger partial charge in [-0.15, -0.1) is 0 Å². The number of amides is 2. The summed E-state index contributed by atoms with van der Waals surface area (Å²) in [6.45, 7) is 2.29. The first-order valence-corrected chi connectivity index (χ1v) is 10.0. The highest BCUT2D eigenvalue weighted by molar-refractivity contribution is 5.95. The van der Waals surface area contributed by atoms with Gasteiger partial charge < -0.3 is 29.7 Å². The molecule has 3 aliphatic heterocycles. The lowest BCUT2D eigenvalue weighted by molar-refractivity contribution is -0.201. The van der Waals surface area contributed by atoms with Crippen LogP contribution in [0.5, 0.6) is 5.75 Å². The second kappa shape index (κ2) is 7.30. The number of rotatable bonds is 3. The number of carbonyl (C=O) groups excluding carboxylic acids is 2. The Balaban J connectivity index is 1.22. The first-order chi connectivity index (χ1) is 14.5. The molecule has 2 aromatic rings. The van der Waals surface area contributed by atoms with Crippen molar-refractivity contribution in [1.29, 1.82) is 0 Å². The van der Waals surface area contributed by atoms with Gasteiger partial charge in [0, 0.05) is 31.7 Å². The molecule has 0 aromatic heterocycles. The second-order valence-corrected chi connectivity index (χ2v) is 7.86. The smallest absolute Gasteiger partial charge is 0.259 e. The Labute approximate surface area is 174 Å². The van der Waals surface area contributed by atoms with Gasteiger partial charge in [0.2, 0.25) is 0 Å². The Kier molecular flexibility index (Phi) is 4.60. The van der Waals surface area contributed by atoms with Crippen LogP contribution in [0.4, 0.5) is 5.69 Å². The summed E-state index contributed by atoms with van der Waals surface area (Å²) in [6, 6.07) is 13.5. The molecule has 0 radical (unpaired) electrons. The van der Waals surface area contributed by atoms with E-state index >= 15 is 0 Å². The van der Waals surface area contributed by atoms with Gasteiger partial charge in [-0.2, -0.15) is 0 Å². The normalized spacial score (nSPS) is 19.4. The molecular formula is C22H23N3O5. The van der Waals surface area contributed by atoms with E-state index in [1.165, 1.54) is 0 Å². The highest BCUT2D eigenvalue weighted by Gasteiger charge is 2.46. The molecule has 5 rings (SSSR count). The molecule has 8 heteroatoms. The summed E-state index contributed by atoms with van der Waals surface area (Å²) in [5.74, 6) is 0.489. The standard InChI is InChI=1S/C22H23N3O5/c26-20(24-7-9-25(10-8-24)21(27)22(28)12-29-13-22)16-3-1-15(2-4-16)17-5-6-19-18(11-17)23-14-30-19/h1-6,11,23,28H,7-10,12-14H2. The molecule has 2 amide bonds. The van der Waals surface area contributed by atoms with Gasteiger partial charge in [-0.25, -0.2) is 0 Å². The molecule has 3 heterocycles. The first-order valence-electron chi connectivity index (χ1n) is 10.0. The maximum atomic E-state index is 12.9. The van der Waals surface area contributed by atoms with Gasteiger partial charge in [0.25, 0.3) is 11.8 Å². The molecule has 156 valence electrons. The van der Waals surface area contributed by atoms with E-state index in [2.05, 4.69) is 5.32 Å². The van der Waals surface area contributed by atoms with Crippen LogP contribution < -0.4 is 10.1 Å². The number of piperazine rings is 1. The molecule has 0 bridgehead atoms. The minimum Gasteiger partial charge on any atom is -0.471 e. The Morgan fingerprint density at radius 2 is 1.60 bits per heavy atom. The van der Waals surface area contributed by atoms with Crippen LogP contribution in [-0.4, -0.2) is 78.4 Å². The van der Waals surface area contributed by atoms with Crippen LogP contribution >= 0.6 is 0 Å². The zero-order valence-corrected chi connectivity index (χ0v) is 16.5. The molecule has 2 saturated heterocycles. The van der Waals surface area contributed by atoms with Gasteiger partial charge >= 0.3 is 0 Å². The van der Waals surface area contributed by atoms with Crippen LogP contribution in [0.1, 0.15) is 10.4 Å². The average molecular weight is 409 g/mol. The van der Waals surface area contributed by atoms with Crippen molar-refractivity contribution in [2.75, 3.05) is 51.4 Å². The van der Waals surface area contributed by atoms with Crippen molar-refractivity contribution in [3.63, 3.8) is 0 Å². The number of nitrogens with zero attached hydrogens (tertiary/aromatic N) is 2. The number of carbonyl (C=O) groups is 2. The van der Waals surface area contributed by atoms with E-state index in [1.54, 1.807) is 9.80 Å². The van der Waals surface area contributed by atoms with E-state index in [9.17, 15) is 14.7 Å². The van der Waals surface area contributed by atoms with E-state index in [4.69, 9.17) is 9.47 Å². The largest absolute Gasteiger partial charge is 0.471 e. The third kappa shape index (κ3) is 3.28. The topological polar surface area (TPSA) is 91.3 Å². The average Bonchev–Trinajstić information content (AvgIpc) is 3.24. The third-order valence-corrected chi connectivity index (χ3v) is 5.87. The SMILES string of the molecule is O=C(c1ccc(-c2ccc3c(c2)NCO3)cc1)N1CCN(C(=O)C2(O)COC2)CC1. The van der Waals surface area contributed by atoms with E-state index in [1.807, 2.05) is 42.5 Å². The highest BCUT2D eigenvalue weighted by Crippen LogP contribution is 2.33. The number of hydrogen-bond acceptors (Lipinski definition) is 6. The van der Waals surface area contributed by atoms with Gasteiger partial charge in [-0.05, 0) is 35.4 Å². The Hall–Kier alpha value is -3.10. The molecule has 2 aromatic carbocycles. The van der Waals surface area contributed by atoms with Crippen molar-refractivity contribution < 1.29 is 24.2 Å². The zero-order chi connectivity index (χ0) is 20.7. The number of anilines is 1. The van der Waals surface area contributed by atoms with E-state index < -0.39 is 5.60 Å². The summed E-state index contributed by atoms with van der Waals surface area (Å²) >= 11 is 0. The summed E-state index contributed by atoms with van der Waals surface area (Å²) in [5, 5.41) is 13.3. The van der Waals surface area contributed by atoms with Crippen molar-refractivity contribution in [3.05, 3.63) is 48.0 Å². The monoisotopic (exact) mass is 409 g/mol. The van der Waals surface area contributed by atoms with Gasteiger partial charge in [0.15, 0.2) is 12.3 Å². The molecule has 2 N–H and O–H groups in total. The maximum Gasteiger partial charge on any atom is 0.259 e.